The molecule has 0 saturated carbocycles. The van der Waals surface area contributed by atoms with E-state index in [0.29, 0.717) is 33.0 Å². The Hall–Kier alpha value is -0.473. The molecule has 0 atom stereocenters. The lowest BCUT2D eigenvalue weighted by molar-refractivity contribution is -0.141. The molecule has 0 amide bonds. The first kappa shape index (κ1) is 19.5. The van der Waals surface area contributed by atoms with Crippen molar-refractivity contribution in [2.24, 2.45) is 0 Å². The van der Waals surface area contributed by atoms with Gasteiger partial charge >= 0.3 is 14.8 Å². The number of hydrogen-bond donors (Lipinski definition) is 1. The number of ether oxygens (including phenoxy) is 1. The van der Waals surface area contributed by atoms with Gasteiger partial charge in [0.1, 0.15) is 0 Å². The maximum atomic E-state index is 11.2. The highest BCUT2D eigenvalue weighted by molar-refractivity contribution is 6.60. The van der Waals surface area contributed by atoms with Crippen LogP contribution in [0.25, 0.3) is 0 Å². The highest BCUT2D eigenvalue weighted by Gasteiger charge is 2.39. The standard InChI is InChI=1S/C13H29NO5Si/c1-5-16-13(15)12-14-10-9-11-20(17-6-2,18-7-3)19-8-4/h14H,5-12H2,1-4H3. The normalized spacial score (nSPS) is 11.6. The van der Waals surface area contributed by atoms with Crippen molar-refractivity contribution < 1.29 is 22.8 Å². The minimum atomic E-state index is -2.54. The molecule has 0 radical (unpaired) electrons. The average Bonchev–Trinajstić information content (AvgIpc) is 2.39. The van der Waals surface area contributed by atoms with Crippen LogP contribution in [-0.2, 0) is 22.8 Å². The quantitative estimate of drug-likeness (QED) is 0.316. The van der Waals surface area contributed by atoms with Crippen LogP contribution in [0.1, 0.15) is 34.1 Å². The van der Waals surface area contributed by atoms with E-state index in [2.05, 4.69) is 5.32 Å². The van der Waals surface area contributed by atoms with E-state index in [1.165, 1.54) is 0 Å². The first-order valence-electron chi connectivity index (χ1n) is 7.42. The lowest BCUT2D eigenvalue weighted by atomic mass is 10.5. The Kier molecular flexibility index (Phi) is 12.0. The summed E-state index contributed by atoms with van der Waals surface area (Å²) in [4.78, 5) is 11.2. The van der Waals surface area contributed by atoms with Gasteiger partial charge in [0, 0.05) is 25.9 Å². The highest BCUT2D eigenvalue weighted by Crippen LogP contribution is 2.17. The summed E-state index contributed by atoms with van der Waals surface area (Å²) in [6.45, 7) is 10.7. The molecule has 6 nitrogen and oxygen atoms in total. The van der Waals surface area contributed by atoms with Crippen LogP contribution in [-0.4, -0.2) is 54.3 Å². The molecule has 20 heavy (non-hydrogen) atoms. The number of hydrogen-bond acceptors (Lipinski definition) is 6. The summed E-state index contributed by atoms with van der Waals surface area (Å²) in [5.41, 5.74) is 0. The van der Waals surface area contributed by atoms with Gasteiger partial charge in [-0.1, -0.05) is 0 Å². The molecule has 0 aliphatic rings. The predicted octanol–water partition coefficient (Wildman–Crippen LogP) is 1.58. The van der Waals surface area contributed by atoms with Gasteiger partial charge < -0.3 is 23.3 Å². The van der Waals surface area contributed by atoms with E-state index in [4.69, 9.17) is 18.0 Å². The minimum Gasteiger partial charge on any atom is -0.465 e. The number of carbonyl (C=O) groups excluding carboxylic acids is 1. The third-order valence-electron chi connectivity index (χ3n) is 2.50. The Bertz CT molecular complexity index is 236. The van der Waals surface area contributed by atoms with Gasteiger partial charge in [0.05, 0.1) is 13.2 Å². The molecule has 0 rings (SSSR count). The summed E-state index contributed by atoms with van der Waals surface area (Å²) >= 11 is 0. The van der Waals surface area contributed by atoms with E-state index < -0.39 is 8.80 Å². The summed E-state index contributed by atoms with van der Waals surface area (Å²) in [6.07, 6.45) is 0.839. The Morgan fingerprint density at radius 2 is 1.50 bits per heavy atom. The van der Waals surface area contributed by atoms with E-state index in [1.807, 2.05) is 20.8 Å². The maximum Gasteiger partial charge on any atom is 0.500 e. The van der Waals surface area contributed by atoms with Gasteiger partial charge in [-0.3, -0.25) is 4.79 Å². The molecule has 0 aromatic rings. The van der Waals surface area contributed by atoms with E-state index >= 15 is 0 Å². The monoisotopic (exact) mass is 307 g/mol. The third kappa shape index (κ3) is 8.65. The van der Waals surface area contributed by atoms with Crippen molar-refractivity contribution >= 4 is 14.8 Å². The molecule has 0 fully saturated rings. The van der Waals surface area contributed by atoms with Gasteiger partial charge in [0.25, 0.3) is 0 Å². The van der Waals surface area contributed by atoms with Crippen molar-refractivity contribution in [2.75, 3.05) is 39.5 Å². The zero-order chi connectivity index (χ0) is 15.3. The Morgan fingerprint density at radius 1 is 0.950 bits per heavy atom. The fraction of sp³-hybridized carbons (Fsp3) is 0.923. The van der Waals surface area contributed by atoms with Gasteiger partial charge in [0.15, 0.2) is 0 Å². The molecule has 120 valence electrons. The lowest BCUT2D eigenvalue weighted by Gasteiger charge is -2.28. The minimum absolute atomic E-state index is 0.226. The highest BCUT2D eigenvalue weighted by atomic mass is 28.4. The molecule has 0 heterocycles. The summed E-state index contributed by atoms with van der Waals surface area (Å²) in [5, 5.41) is 3.05. The van der Waals surface area contributed by atoms with Crippen LogP contribution in [0.5, 0.6) is 0 Å². The van der Waals surface area contributed by atoms with E-state index in [-0.39, 0.29) is 12.5 Å². The van der Waals surface area contributed by atoms with Crippen molar-refractivity contribution in [1.82, 2.24) is 5.32 Å². The van der Waals surface area contributed by atoms with E-state index in [1.54, 1.807) is 6.92 Å². The van der Waals surface area contributed by atoms with Crippen LogP contribution in [0.4, 0.5) is 0 Å². The van der Waals surface area contributed by atoms with Crippen LogP contribution < -0.4 is 5.32 Å². The molecular weight excluding hydrogens is 278 g/mol. The van der Waals surface area contributed by atoms with Gasteiger partial charge in [-0.15, -0.1) is 0 Å². The van der Waals surface area contributed by atoms with Gasteiger partial charge in [-0.2, -0.15) is 0 Å². The second-order valence-electron chi connectivity index (χ2n) is 4.07. The Balaban J connectivity index is 4.02. The summed E-state index contributed by atoms with van der Waals surface area (Å²) < 4.78 is 22.1. The average molecular weight is 307 g/mol. The van der Waals surface area contributed by atoms with E-state index in [9.17, 15) is 4.79 Å². The smallest absolute Gasteiger partial charge is 0.465 e. The van der Waals surface area contributed by atoms with Crippen molar-refractivity contribution in [3.05, 3.63) is 0 Å². The first-order valence-corrected chi connectivity index (χ1v) is 9.35. The van der Waals surface area contributed by atoms with E-state index in [0.717, 1.165) is 12.5 Å². The molecule has 0 bridgehead atoms. The number of rotatable bonds is 13. The number of esters is 1. The van der Waals surface area contributed by atoms with Crippen molar-refractivity contribution in [1.29, 1.82) is 0 Å². The maximum absolute atomic E-state index is 11.2. The second-order valence-corrected chi connectivity index (χ2v) is 6.80. The third-order valence-corrected chi connectivity index (χ3v) is 5.66. The van der Waals surface area contributed by atoms with Crippen LogP contribution in [0.3, 0.4) is 0 Å². The van der Waals surface area contributed by atoms with Crippen LogP contribution in [0.15, 0.2) is 0 Å². The van der Waals surface area contributed by atoms with Crippen LogP contribution in [0.2, 0.25) is 6.04 Å². The van der Waals surface area contributed by atoms with Crippen molar-refractivity contribution in [2.45, 2.75) is 40.2 Å². The molecular formula is C13H29NO5Si. The first-order chi connectivity index (χ1) is 9.64. The van der Waals surface area contributed by atoms with Crippen LogP contribution >= 0.6 is 0 Å². The molecule has 0 spiro atoms. The summed E-state index contributed by atoms with van der Waals surface area (Å²) in [7, 11) is -2.54. The molecule has 0 aromatic heterocycles. The summed E-state index contributed by atoms with van der Waals surface area (Å²) in [6, 6.07) is 0.748. The number of carbonyl (C=O) groups is 1. The second kappa shape index (κ2) is 12.3. The van der Waals surface area contributed by atoms with Gasteiger partial charge in [-0.25, -0.2) is 0 Å². The Morgan fingerprint density at radius 3 is 1.95 bits per heavy atom. The molecule has 1 N–H and O–H groups in total. The zero-order valence-electron chi connectivity index (χ0n) is 13.2. The van der Waals surface area contributed by atoms with Gasteiger partial charge in [-0.05, 0) is 40.7 Å². The number of nitrogens with one attached hydrogen (secondary N) is 1. The Labute approximate surface area is 123 Å². The van der Waals surface area contributed by atoms with Crippen molar-refractivity contribution in [3.8, 4) is 0 Å². The zero-order valence-corrected chi connectivity index (χ0v) is 14.2. The SMILES string of the molecule is CCOC(=O)CNCCC[Si](OCC)(OCC)OCC. The molecule has 0 aliphatic heterocycles. The summed E-state index contributed by atoms with van der Waals surface area (Å²) in [5.74, 6) is -0.226. The topological polar surface area (TPSA) is 66.0 Å². The predicted molar refractivity (Wildman–Crippen MR) is 79.6 cm³/mol. The fourth-order valence-electron chi connectivity index (χ4n) is 1.83. The molecule has 0 aromatic carbocycles. The van der Waals surface area contributed by atoms with Crippen LogP contribution in [0, 0.1) is 0 Å². The molecule has 7 heteroatoms. The molecule has 0 saturated heterocycles. The fourth-order valence-corrected chi connectivity index (χ4v) is 4.45. The molecule has 0 aliphatic carbocycles. The van der Waals surface area contributed by atoms with Gasteiger partial charge in [0.2, 0.25) is 0 Å². The molecule has 0 unspecified atom stereocenters. The lowest BCUT2D eigenvalue weighted by Crippen LogP contribution is -2.46. The van der Waals surface area contributed by atoms with Crippen molar-refractivity contribution in [3.63, 3.8) is 0 Å². The largest absolute Gasteiger partial charge is 0.500 e.